The number of hydrogen-bond acceptors (Lipinski definition) is 6. The molecule has 1 aliphatic carbocycles. The number of amides is 1. The van der Waals surface area contributed by atoms with Gasteiger partial charge in [0.2, 0.25) is 11.2 Å². The normalized spacial score (nSPS) is 18.8. The third kappa shape index (κ3) is 7.19. The lowest BCUT2D eigenvalue weighted by atomic mass is 9.88. The van der Waals surface area contributed by atoms with Gasteiger partial charge in [-0.3, -0.25) is 0 Å². The highest BCUT2D eigenvalue weighted by molar-refractivity contribution is 14.1. The zero-order valence-electron chi connectivity index (χ0n) is 20.4. The smallest absolute Gasteiger partial charge is 0.410 e. The first-order chi connectivity index (χ1) is 15.2. The summed E-state index contributed by atoms with van der Waals surface area (Å²) in [5.41, 5.74) is 0.181. The van der Waals surface area contributed by atoms with Crippen LogP contribution in [-0.2, 0) is 16.2 Å². The minimum absolute atomic E-state index is 0.0544. The summed E-state index contributed by atoms with van der Waals surface area (Å²) >= 11 is 8.49. The van der Waals surface area contributed by atoms with Gasteiger partial charge in [0.05, 0.1) is 5.39 Å². The van der Waals surface area contributed by atoms with Gasteiger partial charge in [-0.1, -0.05) is 19.6 Å². The second-order valence-electron chi connectivity index (χ2n) is 10.7. The topological polar surface area (TPSA) is 78.7 Å². The fraction of sp³-hybridized carbons (Fsp3) is 0.682. The Labute approximate surface area is 215 Å². The standard InChI is InChI=1S/C22H34ClIN4O4Si/c1-22(2,3)32-21(29)27(4)14-10-15(11-14)31-19-17-16(24)12-28(18(17)25-20(23)26-19)13-30-8-9-33(5,6)7/h12,14-15H,8-11,13H2,1-7H3. The number of aromatic nitrogens is 3. The number of nitrogens with zero attached hydrogens (tertiary/aromatic N) is 4. The maximum Gasteiger partial charge on any atom is 0.410 e. The minimum Gasteiger partial charge on any atom is -0.474 e. The molecule has 0 unspecified atom stereocenters. The number of fused-ring (bicyclic) bond motifs is 1. The highest BCUT2D eigenvalue weighted by Crippen LogP contribution is 2.35. The van der Waals surface area contributed by atoms with E-state index in [1.54, 1.807) is 11.9 Å². The van der Waals surface area contributed by atoms with Crippen LogP contribution >= 0.6 is 34.2 Å². The van der Waals surface area contributed by atoms with Crippen molar-refractivity contribution in [1.82, 2.24) is 19.4 Å². The van der Waals surface area contributed by atoms with E-state index in [1.165, 1.54) is 0 Å². The lowest BCUT2D eigenvalue weighted by Crippen LogP contribution is -2.51. The Kier molecular flexibility index (Phi) is 8.23. The number of carbonyl (C=O) groups excluding carboxylic acids is 1. The first-order valence-corrected chi connectivity index (χ1v) is 16.3. The van der Waals surface area contributed by atoms with Crippen LogP contribution < -0.4 is 4.74 Å². The Bertz CT molecular complexity index is 999. The highest BCUT2D eigenvalue weighted by atomic mass is 127. The van der Waals surface area contributed by atoms with Gasteiger partial charge in [-0.15, -0.1) is 0 Å². The van der Waals surface area contributed by atoms with Crippen molar-refractivity contribution in [2.75, 3.05) is 13.7 Å². The zero-order valence-corrected chi connectivity index (χ0v) is 24.4. The summed E-state index contributed by atoms with van der Waals surface area (Å²) in [5.74, 6) is 0.471. The van der Waals surface area contributed by atoms with Gasteiger partial charge >= 0.3 is 6.09 Å². The van der Waals surface area contributed by atoms with Gasteiger partial charge in [-0.2, -0.15) is 9.97 Å². The maximum atomic E-state index is 12.3. The fourth-order valence-corrected chi connectivity index (χ4v) is 5.12. The van der Waals surface area contributed by atoms with Gasteiger partial charge in [0.1, 0.15) is 18.4 Å². The van der Waals surface area contributed by atoms with E-state index in [0.29, 0.717) is 31.1 Å². The molecule has 2 aromatic heterocycles. The van der Waals surface area contributed by atoms with Crippen LogP contribution in [0.25, 0.3) is 11.0 Å². The molecular weight excluding hydrogens is 575 g/mol. The van der Waals surface area contributed by atoms with Crippen LogP contribution in [0.1, 0.15) is 33.6 Å². The average Bonchev–Trinajstić information content (AvgIpc) is 2.94. The van der Waals surface area contributed by atoms with Crippen LogP contribution in [0, 0.1) is 3.57 Å². The molecule has 11 heteroatoms. The third-order valence-electron chi connectivity index (χ3n) is 5.41. The Morgan fingerprint density at radius 3 is 2.58 bits per heavy atom. The van der Waals surface area contributed by atoms with E-state index in [-0.39, 0.29) is 23.5 Å². The summed E-state index contributed by atoms with van der Waals surface area (Å²) < 4.78 is 20.5. The van der Waals surface area contributed by atoms with E-state index in [0.717, 1.165) is 21.6 Å². The summed E-state index contributed by atoms with van der Waals surface area (Å²) in [6, 6.07) is 1.18. The van der Waals surface area contributed by atoms with E-state index >= 15 is 0 Å². The first kappa shape index (κ1) is 26.5. The van der Waals surface area contributed by atoms with Crippen LogP contribution in [0.4, 0.5) is 4.79 Å². The Hall–Kier alpha value is -1.11. The van der Waals surface area contributed by atoms with Crippen molar-refractivity contribution < 1.29 is 19.0 Å². The molecule has 3 rings (SSSR count). The fourth-order valence-electron chi connectivity index (χ4n) is 3.40. The number of rotatable bonds is 8. The number of hydrogen-bond donors (Lipinski definition) is 0. The quantitative estimate of drug-likeness (QED) is 0.164. The molecule has 0 aliphatic heterocycles. The molecule has 0 bridgehead atoms. The summed E-state index contributed by atoms with van der Waals surface area (Å²) in [4.78, 5) is 22.7. The lowest BCUT2D eigenvalue weighted by Gasteiger charge is -2.40. The molecule has 8 nitrogen and oxygen atoms in total. The number of carbonyl (C=O) groups is 1. The molecule has 184 valence electrons. The monoisotopic (exact) mass is 608 g/mol. The first-order valence-electron chi connectivity index (χ1n) is 11.2. The van der Waals surface area contributed by atoms with Crippen molar-refractivity contribution in [2.24, 2.45) is 0 Å². The van der Waals surface area contributed by atoms with Gasteiger partial charge in [-0.25, -0.2) is 4.79 Å². The van der Waals surface area contributed by atoms with Crippen LogP contribution in [0.5, 0.6) is 5.88 Å². The molecule has 0 atom stereocenters. The van der Waals surface area contributed by atoms with Crippen molar-refractivity contribution in [3.8, 4) is 5.88 Å². The van der Waals surface area contributed by atoms with Gasteiger partial charge in [0.25, 0.3) is 0 Å². The van der Waals surface area contributed by atoms with Crippen LogP contribution in [-0.4, -0.2) is 65.0 Å². The summed E-state index contributed by atoms with van der Waals surface area (Å²) in [6.07, 6.45) is 3.02. The van der Waals surface area contributed by atoms with Crippen LogP contribution in [0.3, 0.4) is 0 Å². The molecule has 2 heterocycles. The largest absolute Gasteiger partial charge is 0.474 e. The molecule has 2 aromatic rings. The van der Waals surface area contributed by atoms with Gasteiger partial charge in [-0.05, 0) is 61.0 Å². The summed E-state index contributed by atoms with van der Waals surface area (Å²) in [5, 5.41) is 0.967. The molecule has 0 radical (unpaired) electrons. The molecular formula is C22H34ClIN4O4Si. The van der Waals surface area contributed by atoms with E-state index in [2.05, 4.69) is 52.2 Å². The van der Waals surface area contributed by atoms with Crippen molar-refractivity contribution in [3.63, 3.8) is 0 Å². The van der Waals surface area contributed by atoms with E-state index < -0.39 is 13.7 Å². The van der Waals surface area contributed by atoms with E-state index in [4.69, 9.17) is 25.8 Å². The predicted octanol–water partition coefficient (Wildman–Crippen LogP) is 5.78. The minimum atomic E-state index is -1.15. The molecule has 1 amide bonds. The molecule has 0 spiro atoms. The zero-order chi connectivity index (χ0) is 24.6. The molecule has 1 saturated carbocycles. The number of halogens is 2. The second kappa shape index (κ2) is 10.2. The van der Waals surface area contributed by atoms with E-state index in [1.807, 2.05) is 31.5 Å². The molecule has 0 saturated heterocycles. The van der Waals surface area contributed by atoms with Gasteiger partial charge in [0, 0.05) is 50.4 Å². The van der Waals surface area contributed by atoms with E-state index in [9.17, 15) is 4.79 Å². The number of ether oxygens (including phenoxy) is 3. The van der Waals surface area contributed by atoms with Gasteiger partial charge < -0.3 is 23.7 Å². The summed E-state index contributed by atoms with van der Waals surface area (Å²) in [7, 11) is 0.618. The van der Waals surface area contributed by atoms with Crippen LogP contribution in [0.15, 0.2) is 6.20 Å². The predicted molar refractivity (Wildman–Crippen MR) is 141 cm³/mol. The molecule has 0 N–H and O–H groups in total. The second-order valence-corrected chi connectivity index (χ2v) is 17.9. The Balaban J connectivity index is 1.65. The highest BCUT2D eigenvalue weighted by Gasteiger charge is 2.38. The maximum absolute atomic E-state index is 12.3. The van der Waals surface area contributed by atoms with Crippen molar-refractivity contribution in [2.45, 2.75) is 83.8 Å². The van der Waals surface area contributed by atoms with Gasteiger partial charge in [0.15, 0.2) is 5.65 Å². The SMILES string of the molecule is CN(C(=O)OC(C)(C)C)C1CC(Oc2nc(Cl)nc3c2c(I)cn3COCC[Si](C)(C)C)C1. The third-order valence-corrected chi connectivity index (χ3v) is 8.10. The Morgan fingerprint density at radius 1 is 1.30 bits per heavy atom. The Morgan fingerprint density at radius 2 is 1.97 bits per heavy atom. The van der Waals surface area contributed by atoms with Crippen molar-refractivity contribution in [3.05, 3.63) is 15.1 Å². The van der Waals surface area contributed by atoms with Crippen LogP contribution in [0.2, 0.25) is 31.0 Å². The van der Waals surface area contributed by atoms with Crippen molar-refractivity contribution >= 4 is 59.4 Å². The van der Waals surface area contributed by atoms with Crippen molar-refractivity contribution in [1.29, 1.82) is 0 Å². The molecule has 33 heavy (non-hydrogen) atoms. The molecule has 1 aliphatic rings. The summed E-state index contributed by atoms with van der Waals surface area (Å²) in [6.45, 7) is 13.7. The molecule has 1 fully saturated rings. The lowest BCUT2D eigenvalue weighted by molar-refractivity contribution is -0.00931. The average molecular weight is 609 g/mol. The molecule has 0 aromatic carbocycles.